The molecule has 0 saturated heterocycles. The van der Waals surface area contributed by atoms with E-state index in [1.807, 2.05) is 0 Å². The minimum atomic E-state index is -0.366. The van der Waals surface area contributed by atoms with Gasteiger partial charge in [-0.25, -0.2) is 4.39 Å². The van der Waals surface area contributed by atoms with Crippen molar-refractivity contribution in [3.8, 4) is 5.75 Å². The van der Waals surface area contributed by atoms with Crippen LogP contribution in [0, 0.1) is 9.52 Å². The van der Waals surface area contributed by atoms with E-state index in [1.54, 1.807) is 6.07 Å². The second-order valence-electron chi connectivity index (χ2n) is 2.51. The van der Waals surface area contributed by atoms with Crippen molar-refractivity contribution in [1.29, 1.82) is 0 Å². The van der Waals surface area contributed by atoms with E-state index in [9.17, 15) is 4.39 Å². The Hall–Kier alpha value is -0.850. The number of benzene rings is 1. The fourth-order valence-corrected chi connectivity index (χ4v) is 1.86. The quantitative estimate of drug-likeness (QED) is 0.819. The lowest BCUT2D eigenvalue weighted by atomic mass is 10.2. The molecule has 1 aromatic heterocycles. The lowest BCUT2D eigenvalue weighted by molar-refractivity contribution is 0.392. The highest BCUT2D eigenvalue weighted by Gasteiger charge is 2.12. The predicted molar refractivity (Wildman–Crippen MR) is 55.3 cm³/mol. The molecule has 0 aliphatic rings. The minimum Gasteiger partial charge on any atom is -0.493 e. The van der Waals surface area contributed by atoms with Gasteiger partial charge in [-0.2, -0.15) is 5.10 Å². The van der Waals surface area contributed by atoms with Gasteiger partial charge in [0.25, 0.3) is 0 Å². The van der Waals surface area contributed by atoms with E-state index in [4.69, 9.17) is 4.74 Å². The standard InChI is InChI=1S/C8H6FIN2O/c1-13-7-4(9)2-3-5-6(7)8(10)12-11-5/h2-3H,1H3,(H,11,12). The molecule has 0 fully saturated rings. The number of fused-ring (bicyclic) bond motifs is 1. The highest BCUT2D eigenvalue weighted by Crippen LogP contribution is 2.30. The third-order valence-corrected chi connectivity index (χ3v) is 2.57. The van der Waals surface area contributed by atoms with Crippen LogP contribution in [0.25, 0.3) is 10.9 Å². The average molecular weight is 292 g/mol. The molecule has 2 rings (SSSR count). The fraction of sp³-hybridized carbons (Fsp3) is 0.125. The molecule has 2 aromatic rings. The van der Waals surface area contributed by atoms with Crippen molar-refractivity contribution in [2.24, 2.45) is 0 Å². The van der Waals surface area contributed by atoms with Gasteiger partial charge in [-0.15, -0.1) is 0 Å². The zero-order chi connectivity index (χ0) is 9.42. The molecule has 1 N–H and O–H groups in total. The number of halogens is 2. The summed E-state index contributed by atoms with van der Waals surface area (Å²) in [7, 11) is 1.45. The molecular weight excluding hydrogens is 286 g/mol. The molecule has 1 heterocycles. The Morgan fingerprint density at radius 1 is 1.54 bits per heavy atom. The Bertz CT molecular complexity index is 455. The summed E-state index contributed by atoms with van der Waals surface area (Å²) < 4.78 is 18.9. The van der Waals surface area contributed by atoms with Crippen molar-refractivity contribution in [2.75, 3.05) is 7.11 Å². The maximum atomic E-state index is 13.2. The van der Waals surface area contributed by atoms with Crippen LogP contribution in [-0.2, 0) is 0 Å². The van der Waals surface area contributed by atoms with E-state index >= 15 is 0 Å². The van der Waals surface area contributed by atoms with Gasteiger partial charge in [0.05, 0.1) is 18.0 Å². The van der Waals surface area contributed by atoms with Crippen molar-refractivity contribution < 1.29 is 9.13 Å². The number of rotatable bonds is 1. The maximum Gasteiger partial charge on any atom is 0.166 e. The number of nitrogens with one attached hydrogen (secondary N) is 1. The fourth-order valence-electron chi connectivity index (χ4n) is 1.22. The number of H-pyrrole nitrogens is 1. The molecule has 1 aromatic carbocycles. The van der Waals surface area contributed by atoms with Crippen molar-refractivity contribution in [3.05, 3.63) is 21.7 Å². The van der Waals surface area contributed by atoms with E-state index in [2.05, 4.69) is 32.8 Å². The molecule has 0 aliphatic carbocycles. The summed E-state index contributed by atoms with van der Waals surface area (Å²) in [4.78, 5) is 0. The highest BCUT2D eigenvalue weighted by atomic mass is 127. The molecule has 0 spiro atoms. The molecule has 0 bridgehead atoms. The summed E-state index contributed by atoms with van der Waals surface area (Å²) in [6.07, 6.45) is 0. The van der Waals surface area contributed by atoms with Crippen LogP contribution in [-0.4, -0.2) is 17.3 Å². The van der Waals surface area contributed by atoms with E-state index in [0.29, 0.717) is 10.9 Å². The van der Waals surface area contributed by atoms with E-state index in [-0.39, 0.29) is 11.6 Å². The molecule has 5 heteroatoms. The predicted octanol–water partition coefficient (Wildman–Crippen LogP) is 2.32. The SMILES string of the molecule is COc1c(F)ccc2n[nH]c(I)c12. The number of ether oxygens (including phenoxy) is 1. The molecule has 0 aliphatic heterocycles. The Balaban J connectivity index is 2.88. The van der Waals surface area contributed by atoms with E-state index in [0.717, 1.165) is 3.70 Å². The number of aromatic amines is 1. The van der Waals surface area contributed by atoms with Gasteiger partial charge in [0.1, 0.15) is 3.70 Å². The third kappa shape index (κ3) is 1.27. The topological polar surface area (TPSA) is 37.9 Å². The zero-order valence-corrected chi connectivity index (χ0v) is 8.92. The first kappa shape index (κ1) is 8.74. The van der Waals surface area contributed by atoms with Crippen LogP contribution in [0.15, 0.2) is 12.1 Å². The first-order valence-electron chi connectivity index (χ1n) is 3.60. The number of nitrogens with zero attached hydrogens (tertiary/aromatic N) is 1. The van der Waals surface area contributed by atoms with Crippen molar-refractivity contribution >= 4 is 33.5 Å². The molecule has 0 amide bonds. The molecule has 13 heavy (non-hydrogen) atoms. The Morgan fingerprint density at radius 3 is 3.00 bits per heavy atom. The van der Waals surface area contributed by atoms with Crippen LogP contribution >= 0.6 is 22.6 Å². The average Bonchev–Trinajstić information content (AvgIpc) is 2.49. The van der Waals surface area contributed by atoms with Crippen LogP contribution in [0.1, 0.15) is 0 Å². The van der Waals surface area contributed by atoms with Gasteiger partial charge in [-0.1, -0.05) is 0 Å². The molecular formula is C8H6FIN2O. The van der Waals surface area contributed by atoms with Crippen molar-refractivity contribution in [1.82, 2.24) is 10.2 Å². The third-order valence-electron chi connectivity index (χ3n) is 1.79. The molecule has 0 unspecified atom stereocenters. The van der Waals surface area contributed by atoms with Crippen LogP contribution in [0.2, 0.25) is 0 Å². The first-order chi connectivity index (χ1) is 6.24. The summed E-state index contributed by atoms with van der Waals surface area (Å²) in [6.45, 7) is 0. The largest absolute Gasteiger partial charge is 0.493 e. The minimum absolute atomic E-state index is 0.246. The molecule has 0 saturated carbocycles. The monoisotopic (exact) mass is 292 g/mol. The number of hydrogen-bond acceptors (Lipinski definition) is 2. The van der Waals surface area contributed by atoms with E-state index < -0.39 is 0 Å². The van der Waals surface area contributed by atoms with Gasteiger partial charge in [0, 0.05) is 0 Å². The Kier molecular flexibility index (Phi) is 2.10. The van der Waals surface area contributed by atoms with Crippen LogP contribution in [0.5, 0.6) is 5.75 Å². The zero-order valence-electron chi connectivity index (χ0n) is 6.77. The summed E-state index contributed by atoms with van der Waals surface area (Å²) >= 11 is 2.05. The van der Waals surface area contributed by atoms with Gasteiger partial charge >= 0.3 is 0 Å². The summed E-state index contributed by atoms with van der Waals surface area (Å²) in [6, 6.07) is 2.96. The van der Waals surface area contributed by atoms with Gasteiger partial charge in [-0.3, -0.25) is 5.10 Å². The smallest absolute Gasteiger partial charge is 0.166 e. The second-order valence-corrected chi connectivity index (χ2v) is 3.59. The highest BCUT2D eigenvalue weighted by molar-refractivity contribution is 14.1. The summed E-state index contributed by atoms with van der Waals surface area (Å²) in [5.41, 5.74) is 0.711. The lowest BCUT2D eigenvalue weighted by Gasteiger charge is -2.02. The number of aromatic nitrogens is 2. The molecule has 68 valence electrons. The van der Waals surface area contributed by atoms with E-state index in [1.165, 1.54) is 13.2 Å². The normalized spacial score (nSPS) is 10.7. The lowest BCUT2D eigenvalue weighted by Crippen LogP contribution is -1.89. The van der Waals surface area contributed by atoms with Gasteiger partial charge in [0.2, 0.25) is 0 Å². The first-order valence-corrected chi connectivity index (χ1v) is 4.68. The van der Waals surface area contributed by atoms with Crippen LogP contribution < -0.4 is 4.74 Å². The Morgan fingerprint density at radius 2 is 2.31 bits per heavy atom. The van der Waals surface area contributed by atoms with Crippen molar-refractivity contribution in [3.63, 3.8) is 0 Å². The number of hydrogen-bond donors (Lipinski definition) is 1. The summed E-state index contributed by atoms with van der Waals surface area (Å²) in [5.74, 6) is -0.120. The van der Waals surface area contributed by atoms with Crippen molar-refractivity contribution in [2.45, 2.75) is 0 Å². The second kappa shape index (κ2) is 3.13. The Labute approximate surface area is 87.4 Å². The number of methoxy groups -OCH3 is 1. The molecule has 0 radical (unpaired) electrons. The van der Waals surface area contributed by atoms with Gasteiger partial charge in [0.15, 0.2) is 11.6 Å². The van der Waals surface area contributed by atoms with Gasteiger partial charge in [-0.05, 0) is 34.7 Å². The van der Waals surface area contributed by atoms with Gasteiger partial charge < -0.3 is 4.74 Å². The van der Waals surface area contributed by atoms with Crippen LogP contribution in [0.4, 0.5) is 4.39 Å². The molecule has 3 nitrogen and oxygen atoms in total. The summed E-state index contributed by atoms with van der Waals surface area (Å²) in [5, 5.41) is 7.45. The van der Waals surface area contributed by atoms with Crippen LogP contribution in [0.3, 0.4) is 0 Å². The maximum absolute atomic E-state index is 13.2. The molecule has 0 atom stereocenters.